The Labute approximate surface area is 122 Å². The minimum Gasteiger partial charge on any atom is -0.324 e. The van der Waals surface area contributed by atoms with Crippen LogP contribution in [0.1, 0.15) is 24.0 Å². The predicted octanol–water partition coefficient (Wildman–Crippen LogP) is 3.37. The van der Waals surface area contributed by atoms with Gasteiger partial charge in [-0.1, -0.05) is 30.3 Å². The number of hydrogen-bond acceptors (Lipinski definition) is 2. The molecule has 0 atom stereocenters. The number of para-hydroxylation sites is 1. The summed E-state index contributed by atoms with van der Waals surface area (Å²) >= 11 is 0. The molecule has 1 saturated carbocycles. The number of hydrogen-bond donors (Lipinski definition) is 1. The van der Waals surface area contributed by atoms with Gasteiger partial charge in [0.25, 0.3) is 0 Å². The maximum Gasteiger partial charge on any atom is 0.235 e. The van der Waals surface area contributed by atoms with Crippen molar-refractivity contribution in [3.8, 4) is 6.07 Å². The third-order valence-corrected chi connectivity index (χ3v) is 3.87. The summed E-state index contributed by atoms with van der Waals surface area (Å²) in [5.74, 6) is -0.617. The fourth-order valence-corrected chi connectivity index (χ4v) is 2.52. The molecule has 0 heterocycles. The number of amides is 1. The molecule has 0 bridgehead atoms. The van der Waals surface area contributed by atoms with Crippen LogP contribution in [-0.4, -0.2) is 5.91 Å². The molecular formula is C17H13FN2O. The van der Waals surface area contributed by atoms with Crippen molar-refractivity contribution in [1.82, 2.24) is 0 Å². The maximum absolute atomic E-state index is 13.9. The predicted molar refractivity (Wildman–Crippen MR) is 77.1 cm³/mol. The molecule has 3 rings (SSSR count). The number of rotatable bonds is 3. The molecule has 0 unspecified atom stereocenters. The number of halogens is 1. The van der Waals surface area contributed by atoms with E-state index in [1.54, 1.807) is 42.5 Å². The molecule has 0 aliphatic heterocycles. The first kappa shape index (κ1) is 13.3. The Balaban J connectivity index is 1.90. The van der Waals surface area contributed by atoms with E-state index in [9.17, 15) is 9.18 Å². The quantitative estimate of drug-likeness (QED) is 0.937. The second kappa shape index (κ2) is 5.02. The summed E-state index contributed by atoms with van der Waals surface area (Å²) in [4.78, 5) is 12.5. The third kappa shape index (κ3) is 2.27. The SMILES string of the molecule is N#Cc1ccccc1NC(=O)C1(c2ccccc2F)CC1. The molecule has 1 aliphatic rings. The zero-order valence-electron chi connectivity index (χ0n) is 11.3. The number of nitrogens with one attached hydrogen (secondary N) is 1. The lowest BCUT2D eigenvalue weighted by atomic mass is 9.94. The van der Waals surface area contributed by atoms with Crippen molar-refractivity contribution in [3.05, 3.63) is 65.5 Å². The van der Waals surface area contributed by atoms with E-state index in [4.69, 9.17) is 5.26 Å². The number of benzene rings is 2. The van der Waals surface area contributed by atoms with Crippen LogP contribution in [0.3, 0.4) is 0 Å². The van der Waals surface area contributed by atoms with Gasteiger partial charge in [-0.2, -0.15) is 5.26 Å². The van der Waals surface area contributed by atoms with Gasteiger partial charge >= 0.3 is 0 Å². The topological polar surface area (TPSA) is 52.9 Å². The van der Waals surface area contributed by atoms with Gasteiger partial charge in [0.2, 0.25) is 5.91 Å². The Morgan fingerprint density at radius 1 is 1.14 bits per heavy atom. The summed E-state index contributed by atoms with van der Waals surface area (Å²) in [5.41, 5.74) is 0.494. The van der Waals surface area contributed by atoms with Gasteiger partial charge in [-0.15, -0.1) is 0 Å². The lowest BCUT2D eigenvalue weighted by Gasteiger charge is -2.17. The normalized spacial score (nSPS) is 15.0. The highest BCUT2D eigenvalue weighted by molar-refractivity contribution is 6.02. The molecule has 0 spiro atoms. The lowest BCUT2D eigenvalue weighted by molar-refractivity contribution is -0.118. The van der Waals surface area contributed by atoms with E-state index in [2.05, 4.69) is 5.32 Å². The summed E-state index contributed by atoms with van der Waals surface area (Å²) in [6, 6.07) is 15.2. The van der Waals surface area contributed by atoms with Crippen LogP contribution in [-0.2, 0) is 10.2 Å². The van der Waals surface area contributed by atoms with E-state index in [0.717, 1.165) is 0 Å². The minimum absolute atomic E-state index is 0.254. The summed E-state index contributed by atoms with van der Waals surface area (Å²) in [6.07, 6.45) is 1.24. The Bertz CT molecular complexity index is 744. The Hall–Kier alpha value is -2.67. The first-order chi connectivity index (χ1) is 10.2. The fraction of sp³-hybridized carbons (Fsp3) is 0.176. The first-order valence-electron chi connectivity index (χ1n) is 6.73. The van der Waals surface area contributed by atoms with E-state index in [-0.39, 0.29) is 11.7 Å². The fourth-order valence-electron chi connectivity index (χ4n) is 2.52. The number of carbonyl (C=O) groups excluding carboxylic acids is 1. The van der Waals surface area contributed by atoms with Crippen LogP contribution in [0.4, 0.5) is 10.1 Å². The molecule has 2 aromatic rings. The zero-order chi connectivity index (χ0) is 14.9. The van der Waals surface area contributed by atoms with E-state index in [1.807, 2.05) is 6.07 Å². The van der Waals surface area contributed by atoms with Crippen molar-refractivity contribution in [1.29, 1.82) is 5.26 Å². The second-order valence-electron chi connectivity index (χ2n) is 5.17. The standard InChI is InChI=1S/C17H13FN2O/c18-14-7-3-2-6-13(14)17(9-10-17)16(21)20-15-8-4-1-5-12(15)11-19/h1-8H,9-10H2,(H,20,21). The van der Waals surface area contributed by atoms with Gasteiger partial charge in [0.15, 0.2) is 0 Å². The first-order valence-corrected chi connectivity index (χ1v) is 6.73. The van der Waals surface area contributed by atoms with Crippen LogP contribution in [0.5, 0.6) is 0 Å². The van der Waals surface area contributed by atoms with E-state index in [1.165, 1.54) is 6.07 Å². The van der Waals surface area contributed by atoms with Crippen molar-refractivity contribution in [3.63, 3.8) is 0 Å². The lowest BCUT2D eigenvalue weighted by Crippen LogP contribution is -2.29. The molecule has 0 aromatic heterocycles. The molecule has 104 valence electrons. The van der Waals surface area contributed by atoms with E-state index >= 15 is 0 Å². The number of carbonyl (C=O) groups is 1. The number of nitrogens with zero attached hydrogens (tertiary/aromatic N) is 1. The summed E-state index contributed by atoms with van der Waals surface area (Å²) in [6.45, 7) is 0. The van der Waals surface area contributed by atoms with E-state index < -0.39 is 5.41 Å². The molecule has 1 aliphatic carbocycles. The van der Waals surface area contributed by atoms with Crippen molar-refractivity contribution in [2.24, 2.45) is 0 Å². The van der Waals surface area contributed by atoms with Crippen LogP contribution in [0.25, 0.3) is 0 Å². The van der Waals surface area contributed by atoms with Gasteiger partial charge in [0, 0.05) is 5.56 Å². The van der Waals surface area contributed by atoms with Gasteiger partial charge in [-0.05, 0) is 31.0 Å². The Kier molecular flexibility index (Phi) is 3.19. The van der Waals surface area contributed by atoms with Crippen LogP contribution >= 0.6 is 0 Å². The number of nitriles is 1. The van der Waals surface area contributed by atoms with Crippen molar-refractivity contribution >= 4 is 11.6 Å². The summed E-state index contributed by atoms with van der Waals surface area (Å²) < 4.78 is 13.9. The van der Waals surface area contributed by atoms with Crippen molar-refractivity contribution < 1.29 is 9.18 Å². The number of anilines is 1. The second-order valence-corrected chi connectivity index (χ2v) is 5.17. The van der Waals surface area contributed by atoms with Gasteiger partial charge in [-0.25, -0.2) is 4.39 Å². The van der Waals surface area contributed by atoms with Gasteiger partial charge in [-0.3, -0.25) is 4.79 Å². The third-order valence-electron chi connectivity index (χ3n) is 3.87. The van der Waals surface area contributed by atoms with Gasteiger partial charge < -0.3 is 5.32 Å². The highest BCUT2D eigenvalue weighted by Gasteiger charge is 2.52. The zero-order valence-corrected chi connectivity index (χ0v) is 11.3. The molecular weight excluding hydrogens is 267 g/mol. The smallest absolute Gasteiger partial charge is 0.235 e. The monoisotopic (exact) mass is 280 g/mol. The van der Waals surface area contributed by atoms with Crippen LogP contribution in [0.2, 0.25) is 0 Å². The van der Waals surface area contributed by atoms with Gasteiger partial charge in [0.1, 0.15) is 11.9 Å². The Morgan fingerprint density at radius 3 is 2.48 bits per heavy atom. The molecule has 1 fully saturated rings. The van der Waals surface area contributed by atoms with Crippen LogP contribution in [0.15, 0.2) is 48.5 Å². The molecule has 0 saturated heterocycles. The highest BCUT2D eigenvalue weighted by atomic mass is 19.1. The van der Waals surface area contributed by atoms with Crippen LogP contribution < -0.4 is 5.32 Å². The summed E-state index contributed by atoms with van der Waals surface area (Å²) in [7, 11) is 0. The summed E-state index contributed by atoms with van der Waals surface area (Å²) in [5, 5.41) is 11.8. The molecule has 3 nitrogen and oxygen atoms in total. The molecule has 4 heteroatoms. The van der Waals surface area contributed by atoms with Crippen molar-refractivity contribution in [2.45, 2.75) is 18.3 Å². The largest absolute Gasteiger partial charge is 0.324 e. The minimum atomic E-state index is -0.798. The van der Waals surface area contributed by atoms with Gasteiger partial charge in [0.05, 0.1) is 16.7 Å². The highest BCUT2D eigenvalue weighted by Crippen LogP contribution is 2.49. The average Bonchev–Trinajstić information content (AvgIpc) is 3.30. The van der Waals surface area contributed by atoms with E-state index in [0.29, 0.717) is 29.7 Å². The van der Waals surface area contributed by atoms with Crippen molar-refractivity contribution in [2.75, 3.05) is 5.32 Å². The molecule has 21 heavy (non-hydrogen) atoms. The Morgan fingerprint density at radius 2 is 1.81 bits per heavy atom. The molecule has 2 aromatic carbocycles. The average molecular weight is 280 g/mol. The maximum atomic E-state index is 13.9. The molecule has 0 radical (unpaired) electrons. The van der Waals surface area contributed by atoms with Crippen LogP contribution in [0, 0.1) is 17.1 Å². The molecule has 1 amide bonds. The molecule has 1 N–H and O–H groups in total.